The zero-order valence-corrected chi connectivity index (χ0v) is 13.3. The molecule has 1 fully saturated rings. The monoisotopic (exact) mass is 304 g/mol. The first-order valence-electron chi connectivity index (χ1n) is 7.95. The van der Waals surface area contributed by atoms with E-state index in [1.807, 2.05) is 12.1 Å². The minimum atomic E-state index is -0.761. The number of hydrogen-bond donors (Lipinski definition) is 2. The van der Waals surface area contributed by atoms with Crippen LogP contribution >= 0.6 is 0 Å². The maximum absolute atomic E-state index is 12.3. The molecule has 1 aliphatic heterocycles. The largest absolute Gasteiger partial charge is 0.481 e. The third-order valence-corrected chi connectivity index (χ3v) is 4.35. The van der Waals surface area contributed by atoms with Crippen LogP contribution in [-0.4, -0.2) is 35.1 Å². The minimum Gasteiger partial charge on any atom is -0.481 e. The summed E-state index contributed by atoms with van der Waals surface area (Å²) in [6.07, 6.45) is 2.98. The summed E-state index contributed by atoms with van der Waals surface area (Å²) in [7, 11) is 0. The van der Waals surface area contributed by atoms with Crippen LogP contribution in [0.1, 0.15) is 37.8 Å². The zero-order valence-electron chi connectivity index (χ0n) is 13.3. The van der Waals surface area contributed by atoms with Crippen LogP contribution in [0.3, 0.4) is 0 Å². The second-order valence-corrected chi connectivity index (χ2v) is 5.72. The number of likely N-dealkylation sites (tertiary alicyclic amines) is 1. The van der Waals surface area contributed by atoms with Crippen molar-refractivity contribution in [2.75, 3.05) is 18.4 Å². The Balaban J connectivity index is 1.96. The zero-order chi connectivity index (χ0) is 16.1. The van der Waals surface area contributed by atoms with Crippen molar-refractivity contribution in [1.82, 2.24) is 4.90 Å². The summed E-state index contributed by atoms with van der Waals surface area (Å²) in [5.74, 6) is -1.08. The van der Waals surface area contributed by atoms with Gasteiger partial charge in [0.15, 0.2) is 0 Å². The van der Waals surface area contributed by atoms with Crippen LogP contribution < -0.4 is 5.32 Å². The number of aryl methyl sites for hydroxylation is 2. The molecule has 0 aromatic heterocycles. The number of benzene rings is 1. The molecule has 1 saturated heterocycles. The molecule has 1 aromatic rings. The quantitative estimate of drug-likeness (QED) is 0.898. The van der Waals surface area contributed by atoms with E-state index in [4.69, 9.17) is 5.11 Å². The Hall–Kier alpha value is -2.04. The lowest BCUT2D eigenvalue weighted by Crippen LogP contribution is -2.42. The molecule has 1 aromatic carbocycles. The highest BCUT2D eigenvalue weighted by Gasteiger charge is 2.26. The van der Waals surface area contributed by atoms with Gasteiger partial charge in [-0.1, -0.05) is 19.9 Å². The summed E-state index contributed by atoms with van der Waals surface area (Å²) in [6.45, 7) is 5.23. The highest BCUT2D eigenvalue weighted by Crippen LogP contribution is 2.20. The molecular weight excluding hydrogens is 280 g/mol. The van der Waals surface area contributed by atoms with Gasteiger partial charge in [0.1, 0.15) is 0 Å². The van der Waals surface area contributed by atoms with Gasteiger partial charge in [-0.3, -0.25) is 4.79 Å². The van der Waals surface area contributed by atoms with Crippen LogP contribution in [-0.2, 0) is 17.6 Å². The predicted molar refractivity (Wildman–Crippen MR) is 86.1 cm³/mol. The number of rotatable bonds is 4. The molecule has 2 N–H and O–H groups in total. The van der Waals surface area contributed by atoms with Crippen molar-refractivity contribution in [3.8, 4) is 0 Å². The number of nitrogens with one attached hydrogen (secondary N) is 1. The summed E-state index contributed by atoms with van der Waals surface area (Å²) in [6, 6.07) is 5.88. The number of aliphatic carboxylic acids is 1. The number of nitrogens with zero attached hydrogens (tertiary/aromatic N) is 1. The molecule has 5 nitrogen and oxygen atoms in total. The number of piperidine rings is 1. The Morgan fingerprint density at radius 2 is 1.82 bits per heavy atom. The number of amides is 2. The summed E-state index contributed by atoms with van der Waals surface area (Å²) in [5, 5.41) is 11.9. The third-order valence-electron chi connectivity index (χ3n) is 4.35. The molecule has 0 saturated carbocycles. The molecule has 0 atom stereocenters. The fourth-order valence-electron chi connectivity index (χ4n) is 2.91. The number of carboxylic acid groups (broad SMARTS) is 1. The van der Waals surface area contributed by atoms with Crippen molar-refractivity contribution in [2.24, 2.45) is 5.92 Å². The van der Waals surface area contributed by atoms with Crippen LogP contribution in [0.15, 0.2) is 18.2 Å². The Morgan fingerprint density at radius 3 is 2.36 bits per heavy atom. The van der Waals surface area contributed by atoms with Crippen LogP contribution in [0.25, 0.3) is 0 Å². The summed E-state index contributed by atoms with van der Waals surface area (Å²) in [5.41, 5.74) is 3.37. The van der Waals surface area contributed by atoms with Crippen molar-refractivity contribution >= 4 is 17.7 Å². The second kappa shape index (κ2) is 7.29. The van der Waals surface area contributed by atoms with Gasteiger partial charge >= 0.3 is 12.0 Å². The van der Waals surface area contributed by atoms with Crippen LogP contribution in [0, 0.1) is 5.92 Å². The SMILES string of the molecule is CCc1ccc(NC(=O)N2CCC(C(=O)O)CC2)cc1CC. The Labute approximate surface area is 131 Å². The van der Waals surface area contributed by atoms with Crippen molar-refractivity contribution in [1.29, 1.82) is 0 Å². The molecule has 0 radical (unpaired) electrons. The molecule has 2 rings (SSSR count). The lowest BCUT2D eigenvalue weighted by atomic mass is 9.97. The molecule has 0 aliphatic carbocycles. The first kappa shape index (κ1) is 16.3. The number of carboxylic acids is 1. The van der Waals surface area contributed by atoms with Gasteiger partial charge in [0.25, 0.3) is 0 Å². The average Bonchev–Trinajstić information content (AvgIpc) is 2.54. The van der Waals surface area contributed by atoms with E-state index in [1.54, 1.807) is 4.90 Å². The van der Waals surface area contributed by atoms with Gasteiger partial charge in [-0.15, -0.1) is 0 Å². The van der Waals surface area contributed by atoms with E-state index in [1.165, 1.54) is 11.1 Å². The smallest absolute Gasteiger partial charge is 0.321 e. The van der Waals surface area contributed by atoms with Crippen molar-refractivity contribution in [3.63, 3.8) is 0 Å². The first-order valence-corrected chi connectivity index (χ1v) is 7.95. The number of carbonyl (C=O) groups excluding carboxylic acids is 1. The predicted octanol–water partition coefficient (Wildman–Crippen LogP) is 3.14. The highest BCUT2D eigenvalue weighted by atomic mass is 16.4. The van der Waals surface area contributed by atoms with E-state index in [0.717, 1.165) is 18.5 Å². The molecule has 0 unspecified atom stereocenters. The average molecular weight is 304 g/mol. The van der Waals surface area contributed by atoms with E-state index in [0.29, 0.717) is 25.9 Å². The molecule has 0 bridgehead atoms. The summed E-state index contributed by atoms with van der Waals surface area (Å²) >= 11 is 0. The summed E-state index contributed by atoms with van der Waals surface area (Å²) < 4.78 is 0. The van der Waals surface area contributed by atoms with Gasteiger partial charge in [0.05, 0.1) is 5.92 Å². The van der Waals surface area contributed by atoms with Gasteiger partial charge in [-0.25, -0.2) is 4.79 Å². The van der Waals surface area contributed by atoms with Gasteiger partial charge in [0.2, 0.25) is 0 Å². The van der Waals surface area contributed by atoms with E-state index >= 15 is 0 Å². The molecule has 1 heterocycles. The topological polar surface area (TPSA) is 69.6 Å². The molecule has 2 amide bonds. The molecule has 1 aliphatic rings. The van der Waals surface area contributed by atoms with Crippen molar-refractivity contribution in [3.05, 3.63) is 29.3 Å². The van der Waals surface area contributed by atoms with Gasteiger partial charge in [0, 0.05) is 18.8 Å². The maximum Gasteiger partial charge on any atom is 0.321 e. The first-order chi connectivity index (χ1) is 10.5. The van der Waals surface area contributed by atoms with E-state index in [2.05, 4.69) is 25.2 Å². The van der Waals surface area contributed by atoms with Gasteiger partial charge < -0.3 is 15.3 Å². The lowest BCUT2D eigenvalue weighted by molar-refractivity contribution is -0.143. The Kier molecular flexibility index (Phi) is 5.41. The fraction of sp³-hybridized carbons (Fsp3) is 0.529. The molecule has 5 heteroatoms. The summed E-state index contributed by atoms with van der Waals surface area (Å²) in [4.78, 5) is 24.9. The Bertz CT molecular complexity index is 549. The number of anilines is 1. The molecular formula is C17H24N2O3. The molecule has 22 heavy (non-hydrogen) atoms. The van der Waals surface area contributed by atoms with Crippen molar-refractivity contribution in [2.45, 2.75) is 39.5 Å². The number of hydrogen-bond acceptors (Lipinski definition) is 2. The van der Waals surface area contributed by atoms with E-state index in [-0.39, 0.29) is 11.9 Å². The van der Waals surface area contributed by atoms with Crippen LogP contribution in [0.2, 0.25) is 0 Å². The van der Waals surface area contributed by atoms with Crippen LogP contribution in [0.4, 0.5) is 10.5 Å². The highest BCUT2D eigenvalue weighted by molar-refractivity contribution is 5.89. The van der Waals surface area contributed by atoms with E-state index in [9.17, 15) is 9.59 Å². The molecule has 0 spiro atoms. The third kappa shape index (κ3) is 3.78. The van der Waals surface area contributed by atoms with Gasteiger partial charge in [-0.2, -0.15) is 0 Å². The normalized spacial score (nSPS) is 15.6. The standard InChI is InChI=1S/C17H24N2O3/c1-3-12-5-6-15(11-13(12)4-2)18-17(22)19-9-7-14(8-10-19)16(20)21/h5-6,11,14H,3-4,7-10H2,1-2H3,(H,18,22)(H,20,21). The Morgan fingerprint density at radius 1 is 1.18 bits per heavy atom. The maximum atomic E-state index is 12.3. The number of urea groups is 1. The van der Waals surface area contributed by atoms with Crippen molar-refractivity contribution < 1.29 is 14.7 Å². The van der Waals surface area contributed by atoms with Gasteiger partial charge in [-0.05, 0) is 48.9 Å². The minimum absolute atomic E-state index is 0.143. The fourth-order valence-corrected chi connectivity index (χ4v) is 2.91. The number of carbonyl (C=O) groups is 2. The second-order valence-electron chi connectivity index (χ2n) is 5.72. The van der Waals surface area contributed by atoms with E-state index < -0.39 is 5.97 Å². The lowest BCUT2D eigenvalue weighted by Gasteiger charge is -2.30. The molecule has 120 valence electrons. The van der Waals surface area contributed by atoms with Crippen LogP contribution in [0.5, 0.6) is 0 Å².